The maximum atomic E-state index is 12.6. The summed E-state index contributed by atoms with van der Waals surface area (Å²) in [5, 5.41) is 6.88. The van der Waals surface area contributed by atoms with E-state index in [1.165, 1.54) is 0 Å². The lowest BCUT2D eigenvalue weighted by Gasteiger charge is -2.16. The van der Waals surface area contributed by atoms with Crippen molar-refractivity contribution < 1.29 is 23.6 Å². The van der Waals surface area contributed by atoms with Gasteiger partial charge in [0.2, 0.25) is 18.6 Å². The summed E-state index contributed by atoms with van der Waals surface area (Å²) >= 11 is 0. The minimum atomic E-state index is -0.391. The van der Waals surface area contributed by atoms with Crippen molar-refractivity contribution in [2.75, 3.05) is 18.2 Å². The van der Waals surface area contributed by atoms with Gasteiger partial charge in [0, 0.05) is 30.3 Å². The first-order valence-electron chi connectivity index (χ1n) is 9.66. The standard InChI is InChI=1S/C22H19N3O5/c26-21-9-15(12-25(21)17-4-2-1-3-5-17)22(27)23-11-16-10-19(30-24-16)14-6-7-18-20(8-14)29-13-28-18/h1-8,10,15H,9,11-13H2,(H,23,27). The van der Waals surface area contributed by atoms with E-state index in [4.69, 9.17) is 14.0 Å². The molecule has 30 heavy (non-hydrogen) atoms. The van der Waals surface area contributed by atoms with Crippen molar-refractivity contribution in [3.63, 3.8) is 0 Å². The predicted octanol–water partition coefficient (Wildman–Crippen LogP) is 2.74. The van der Waals surface area contributed by atoms with E-state index < -0.39 is 5.92 Å². The van der Waals surface area contributed by atoms with Crippen LogP contribution in [0.15, 0.2) is 59.1 Å². The molecule has 0 saturated carbocycles. The Morgan fingerprint density at radius 3 is 2.80 bits per heavy atom. The lowest BCUT2D eigenvalue weighted by atomic mass is 10.1. The number of nitrogens with one attached hydrogen (secondary N) is 1. The second-order valence-electron chi connectivity index (χ2n) is 7.21. The van der Waals surface area contributed by atoms with E-state index in [-0.39, 0.29) is 31.6 Å². The van der Waals surface area contributed by atoms with Gasteiger partial charge in [-0.1, -0.05) is 23.4 Å². The maximum Gasteiger partial charge on any atom is 0.231 e. The number of anilines is 1. The molecule has 2 aromatic carbocycles. The fourth-order valence-electron chi connectivity index (χ4n) is 3.64. The first-order chi connectivity index (χ1) is 14.7. The van der Waals surface area contributed by atoms with Crippen molar-refractivity contribution in [3.05, 3.63) is 60.3 Å². The Kier molecular flexibility index (Phi) is 4.59. The second kappa shape index (κ2) is 7.55. The summed E-state index contributed by atoms with van der Waals surface area (Å²) in [5.41, 5.74) is 2.21. The number of hydrogen-bond donors (Lipinski definition) is 1. The number of fused-ring (bicyclic) bond motifs is 1. The quantitative estimate of drug-likeness (QED) is 0.702. The molecule has 1 unspecified atom stereocenters. The summed E-state index contributed by atoms with van der Waals surface area (Å²) in [7, 11) is 0. The van der Waals surface area contributed by atoms with Crippen molar-refractivity contribution >= 4 is 17.5 Å². The molecular weight excluding hydrogens is 386 g/mol. The summed E-state index contributed by atoms with van der Waals surface area (Å²) in [5.74, 6) is 1.32. The molecule has 8 nitrogen and oxygen atoms in total. The Labute approximate surface area is 172 Å². The van der Waals surface area contributed by atoms with Crippen LogP contribution in [0, 0.1) is 5.92 Å². The number of benzene rings is 2. The molecule has 1 atom stereocenters. The average molecular weight is 405 g/mol. The van der Waals surface area contributed by atoms with Crippen LogP contribution in [0.4, 0.5) is 5.69 Å². The van der Waals surface area contributed by atoms with Gasteiger partial charge in [0.25, 0.3) is 0 Å². The lowest BCUT2D eigenvalue weighted by Crippen LogP contribution is -2.32. The average Bonchev–Trinajstić information content (AvgIpc) is 3.51. The van der Waals surface area contributed by atoms with Gasteiger partial charge in [-0.3, -0.25) is 9.59 Å². The zero-order valence-electron chi connectivity index (χ0n) is 16.0. The molecule has 0 radical (unpaired) electrons. The van der Waals surface area contributed by atoms with E-state index >= 15 is 0 Å². The molecule has 5 rings (SSSR count). The first-order valence-corrected chi connectivity index (χ1v) is 9.66. The molecule has 0 spiro atoms. The van der Waals surface area contributed by atoms with Crippen LogP contribution in [-0.2, 0) is 16.1 Å². The molecule has 152 valence electrons. The van der Waals surface area contributed by atoms with Gasteiger partial charge in [0.1, 0.15) is 5.69 Å². The van der Waals surface area contributed by atoms with Gasteiger partial charge in [0.15, 0.2) is 17.3 Å². The number of carbonyl (C=O) groups is 2. The van der Waals surface area contributed by atoms with Crippen molar-refractivity contribution in [1.29, 1.82) is 0 Å². The van der Waals surface area contributed by atoms with Gasteiger partial charge in [-0.2, -0.15) is 0 Å². The van der Waals surface area contributed by atoms with Gasteiger partial charge >= 0.3 is 0 Å². The highest BCUT2D eigenvalue weighted by atomic mass is 16.7. The van der Waals surface area contributed by atoms with E-state index in [9.17, 15) is 9.59 Å². The third-order valence-electron chi connectivity index (χ3n) is 5.22. The topological polar surface area (TPSA) is 93.9 Å². The van der Waals surface area contributed by atoms with Crippen molar-refractivity contribution in [1.82, 2.24) is 10.5 Å². The molecule has 1 saturated heterocycles. The van der Waals surface area contributed by atoms with Gasteiger partial charge < -0.3 is 24.2 Å². The number of hydrogen-bond acceptors (Lipinski definition) is 6. The number of ether oxygens (including phenoxy) is 2. The largest absolute Gasteiger partial charge is 0.454 e. The third-order valence-corrected chi connectivity index (χ3v) is 5.22. The molecule has 2 aliphatic heterocycles. The monoisotopic (exact) mass is 405 g/mol. The minimum Gasteiger partial charge on any atom is -0.454 e. The van der Waals surface area contributed by atoms with Crippen LogP contribution in [0.2, 0.25) is 0 Å². The lowest BCUT2D eigenvalue weighted by molar-refractivity contribution is -0.126. The van der Waals surface area contributed by atoms with Crippen LogP contribution in [-0.4, -0.2) is 30.3 Å². The molecule has 8 heteroatoms. The molecule has 0 aliphatic carbocycles. The van der Waals surface area contributed by atoms with E-state index in [2.05, 4.69) is 10.5 Å². The molecular formula is C22H19N3O5. The van der Waals surface area contributed by atoms with Gasteiger partial charge in [-0.25, -0.2) is 0 Å². The summed E-state index contributed by atoms with van der Waals surface area (Å²) in [6.45, 7) is 0.802. The Bertz CT molecular complexity index is 1100. The van der Waals surface area contributed by atoms with Crippen molar-refractivity contribution in [2.45, 2.75) is 13.0 Å². The second-order valence-corrected chi connectivity index (χ2v) is 7.21. The Morgan fingerprint density at radius 1 is 1.10 bits per heavy atom. The molecule has 3 heterocycles. The number of amides is 2. The summed E-state index contributed by atoms with van der Waals surface area (Å²) in [6, 6.07) is 16.6. The highest BCUT2D eigenvalue weighted by Crippen LogP contribution is 2.36. The maximum absolute atomic E-state index is 12.6. The van der Waals surface area contributed by atoms with E-state index in [1.54, 1.807) is 11.0 Å². The zero-order chi connectivity index (χ0) is 20.5. The normalized spacial score (nSPS) is 17.4. The molecule has 1 N–H and O–H groups in total. The first kappa shape index (κ1) is 18.2. The number of nitrogens with zero attached hydrogens (tertiary/aromatic N) is 2. The van der Waals surface area contributed by atoms with Gasteiger partial charge in [-0.15, -0.1) is 0 Å². The highest BCUT2D eigenvalue weighted by molar-refractivity contribution is 6.00. The highest BCUT2D eigenvalue weighted by Gasteiger charge is 2.35. The number of rotatable bonds is 5. The van der Waals surface area contributed by atoms with E-state index in [0.717, 1.165) is 11.3 Å². The molecule has 1 aromatic heterocycles. The Morgan fingerprint density at radius 2 is 1.93 bits per heavy atom. The summed E-state index contributed by atoms with van der Waals surface area (Å²) < 4.78 is 16.1. The molecule has 2 amide bonds. The number of para-hydroxylation sites is 1. The molecule has 2 aliphatic rings. The van der Waals surface area contributed by atoms with Crippen molar-refractivity contribution in [3.8, 4) is 22.8 Å². The van der Waals surface area contributed by atoms with Crippen LogP contribution in [0.25, 0.3) is 11.3 Å². The van der Waals surface area contributed by atoms with Gasteiger partial charge in [0.05, 0.1) is 12.5 Å². The Hall–Kier alpha value is -3.81. The van der Waals surface area contributed by atoms with Crippen molar-refractivity contribution in [2.24, 2.45) is 5.92 Å². The van der Waals surface area contributed by atoms with Crippen LogP contribution in [0.1, 0.15) is 12.1 Å². The van der Waals surface area contributed by atoms with E-state index in [0.29, 0.717) is 29.5 Å². The van der Waals surface area contributed by atoms with Crippen LogP contribution in [0.3, 0.4) is 0 Å². The number of carbonyl (C=O) groups excluding carboxylic acids is 2. The van der Waals surface area contributed by atoms with Crippen LogP contribution < -0.4 is 19.7 Å². The zero-order valence-corrected chi connectivity index (χ0v) is 16.0. The van der Waals surface area contributed by atoms with E-state index in [1.807, 2.05) is 48.5 Å². The summed E-state index contributed by atoms with van der Waals surface area (Å²) in [6.07, 6.45) is 0.196. The fraction of sp³-hybridized carbons (Fsp3) is 0.227. The predicted molar refractivity (Wildman–Crippen MR) is 107 cm³/mol. The minimum absolute atomic E-state index is 0.0483. The molecule has 3 aromatic rings. The number of aromatic nitrogens is 1. The Balaban J connectivity index is 1.20. The fourth-order valence-corrected chi connectivity index (χ4v) is 3.64. The molecule has 1 fully saturated rings. The summed E-state index contributed by atoms with van der Waals surface area (Å²) in [4.78, 5) is 26.5. The third kappa shape index (κ3) is 3.47. The van der Waals surface area contributed by atoms with Crippen LogP contribution >= 0.6 is 0 Å². The van der Waals surface area contributed by atoms with Crippen LogP contribution in [0.5, 0.6) is 11.5 Å². The smallest absolute Gasteiger partial charge is 0.231 e. The molecule has 0 bridgehead atoms. The van der Waals surface area contributed by atoms with Gasteiger partial charge in [-0.05, 0) is 30.3 Å². The SMILES string of the molecule is O=C(NCc1cc(-c2ccc3c(c2)OCO3)on1)C1CC(=O)N(c2ccccc2)C1.